The van der Waals surface area contributed by atoms with Gasteiger partial charge < -0.3 is 15.6 Å². The molecule has 0 aromatic carbocycles. The van der Waals surface area contributed by atoms with Crippen molar-refractivity contribution in [1.82, 2.24) is 0 Å². The van der Waals surface area contributed by atoms with Crippen molar-refractivity contribution in [2.75, 3.05) is 6.61 Å². The lowest BCUT2D eigenvalue weighted by Crippen LogP contribution is -2.45. The van der Waals surface area contributed by atoms with Gasteiger partial charge in [-0.3, -0.25) is 0 Å². The molecule has 0 radical (unpaired) electrons. The first kappa shape index (κ1) is 12.2. The molecule has 0 aromatic heterocycles. The van der Waals surface area contributed by atoms with E-state index in [0.29, 0.717) is 6.61 Å². The van der Waals surface area contributed by atoms with E-state index in [0.717, 1.165) is 12.8 Å². The van der Waals surface area contributed by atoms with Crippen LogP contribution < -0.4 is 5.73 Å². The average Bonchev–Trinajstić information content (AvgIpc) is 1.86. The summed E-state index contributed by atoms with van der Waals surface area (Å²) in [4.78, 5) is 0. The lowest BCUT2D eigenvalue weighted by molar-refractivity contribution is -0.112. The fourth-order valence-electron chi connectivity index (χ4n) is 1.33. The molecule has 2 unspecified atom stereocenters. The van der Waals surface area contributed by atoms with Gasteiger partial charge in [0.05, 0.1) is 18.3 Å². The van der Waals surface area contributed by atoms with Gasteiger partial charge in [-0.15, -0.1) is 12.4 Å². The number of nitrogens with two attached hydrogens (primary N) is 1. The monoisotopic (exact) mass is 195 g/mol. The highest BCUT2D eigenvalue weighted by molar-refractivity contribution is 5.85. The molecule has 1 saturated heterocycles. The lowest BCUT2D eigenvalue weighted by atomic mass is 9.93. The van der Waals surface area contributed by atoms with Gasteiger partial charge in [0.2, 0.25) is 0 Å². The van der Waals surface area contributed by atoms with Crippen LogP contribution in [0.15, 0.2) is 0 Å². The Kier molecular flexibility index (Phi) is 4.48. The van der Waals surface area contributed by atoms with Crippen molar-refractivity contribution in [3.8, 4) is 0 Å². The fraction of sp³-hybridized carbons (Fsp3) is 1.00. The van der Waals surface area contributed by atoms with Crippen molar-refractivity contribution in [1.29, 1.82) is 0 Å². The zero-order valence-corrected chi connectivity index (χ0v) is 8.43. The summed E-state index contributed by atoms with van der Waals surface area (Å²) in [7, 11) is 0. The van der Waals surface area contributed by atoms with Crippen molar-refractivity contribution in [3.05, 3.63) is 0 Å². The zero-order valence-electron chi connectivity index (χ0n) is 7.62. The first-order valence-corrected chi connectivity index (χ1v) is 4.09. The number of halogens is 1. The molecule has 2 atom stereocenters. The van der Waals surface area contributed by atoms with Gasteiger partial charge in [-0.25, -0.2) is 0 Å². The zero-order chi connectivity index (χ0) is 8.48. The van der Waals surface area contributed by atoms with Crippen LogP contribution in [0.1, 0.15) is 26.7 Å². The molecule has 0 amide bonds. The van der Waals surface area contributed by atoms with Gasteiger partial charge in [0.15, 0.2) is 0 Å². The molecule has 74 valence electrons. The quantitative estimate of drug-likeness (QED) is 0.647. The maximum atomic E-state index is 9.56. The molecule has 1 aliphatic heterocycles. The Labute approximate surface area is 79.7 Å². The largest absolute Gasteiger partial charge is 0.388 e. The highest BCUT2D eigenvalue weighted by Gasteiger charge is 2.31. The summed E-state index contributed by atoms with van der Waals surface area (Å²) >= 11 is 0. The fourth-order valence-corrected chi connectivity index (χ4v) is 1.33. The summed E-state index contributed by atoms with van der Waals surface area (Å²) in [6.07, 6.45) is 1.78. The Hall–Kier alpha value is 0.170. The van der Waals surface area contributed by atoms with Crippen LogP contribution in [0.25, 0.3) is 0 Å². The molecule has 4 heteroatoms. The molecule has 3 nitrogen and oxygen atoms in total. The number of rotatable bonds is 1. The third-order valence-corrected chi connectivity index (χ3v) is 2.10. The number of ether oxygens (including phenoxy) is 1. The van der Waals surface area contributed by atoms with Gasteiger partial charge in [-0.1, -0.05) is 0 Å². The van der Waals surface area contributed by atoms with Gasteiger partial charge in [-0.2, -0.15) is 0 Å². The highest BCUT2D eigenvalue weighted by atomic mass is 35.5. The maximum Gasteiger partial charge on any atom is 0.0857 e. The van der Waals surface area contributed by atoms with E-state index in [1.54, 1.807) is 13.8 Å². The molecule has 1 rings (SSSR count). The molecule has 0 saturated carbocycles. The molecule has 1 heterocycles. The molecular weight excluding hydrogens is 178 g/mol. The predicted octanol–water partition coefficient (Wildman–Crippen LogP) is 0.685. The standard InChI is InChI=1S/C8H17NO2.ClH/c1-8(2,10)7-4-3-6(9)5-11-7;/h6-7,10H,3-5,9H2,1-2H3;1H. The number of hydrogen-bond acceptors (Lipinski definition) is 3. The molecular formula is C8H18ClNO2. The molecule has 1 fully saturated rings. The van der Waals surface area contributed by atoms with Crippen LogP contribution in [0, 0.1) is 0 Å². The van der Waals surface area contributed by atoms with Gasteiger partial charge >= 0.3 is 0 Å². The summed E-state index contributed by atoms with van der Waals surface area (Å²) in [5, 5.41) is 9.56. The summed E-state index contributed by atoms with van der Waals surface area (Å²) < 4.78 is 5.38. The second-order valence-electron chi connectivity index (χ2n) is 3.81. The van der Waals surface area contributed by atoms with E-state index in [9.17, 15) is 5.11 Å². The van der Waals surface area contributed by atoms with Crippen LogP contribution in [-0.2, 0) is 4.74 Å². The normalized spacial score (nSPS) is 31.0. The van der Waals surface area contributed by atoms with Gasteiger partial charge in [-0.05, 0) is 26.7 Å². The number of aliphatic hydroxyl groups is 1. The van der Waals surface area contributed by atoms with E-state index in [1.807, 2.05) is 0 Å². The van der Waals surface area contributed by atoms with Crippen LogP contribution in [0.3, 0.4) is 0 Å². The molecule has 1 aliphatic rings. The minimum Gasteiger partial charge on any atom is -0.388 e. The Morgan fingerprint density at radius 3 is 2.33 bits per heavy atom. The molecule has 0 aliphatic carbocycles. The van der Waals surface area contributed by atoms with Crippen molar-refractivity contribution in [2.24, 2.45) is 5.73 Å². The van der Waals surface area contributed by atoms with Gasteiger partial charge in [0.25, 0.3) is 0 Å². The van der Waals surface area contributed by atoms with Crippen molar-refractivity contribution < 1.29 is 9.84 Å². The van der Waals surface area contributed by atoms with E-state index >= 15 is 0 Å². The van der Waals surface area contributed by atoms with Gasteiger partial charge in [0.1, 0.15) is 0 Å². The maximum absolute atomic E-state index is 9.56. The first-order chi connectivity index (χ1) is 5.00. The predicted molar refractivity (Wildman–Crippen MR) is 50.5 cm³/mol. The van der Waals surface area contributed by atoms with Crippen molar-refractivity contribution in [2.45, 2.75) is 44.4 Å². The summed E-state index contributed by atoms with van der Waals surface area (Å²) in [5.74, 6) is 0. The minimum atomic E-state index is -0.722. The Morgan fingerprint density at radius 1 is 1.42 bits per heavy atom. The first-order valence-electron chi connectivity index (χ1n) is 4.09. The third kappa shape index (κ3) is 3.27. The summed E-state index contributed by atoms with van der Waals surface area (Å²) in [5.41, 5.74) is 4.91. The lowest BCUT2D eigenvalue weighted by Gasteiger charge is -2.34. The van der Waals surface area contributed by atoms with E-state index in [-0.39, 0.29) is 24.6 Å². The average molecular weight is 196 g/mol. The van der Waals surface area contributed by atoms with Crippen LogP contribution in [0.2, 0.25) is 0 Å². The number of hydrogen-bond donors (Lipinski definition) is 2. The SMILES string of the molecule is CC(C)(O)C1CCC(N)CO1.Cl. The van der Waals surface area contributed by atoms with E-state index < -0.39 is 5.60 Å². The second kappa shape index (κ2) is 4.42. The van der Waals surface area contributed by atoms with E-state index in [2.05, 4.69) is 0 Å². The van der Waals surface area contributed by atoms with Gasteiger partial charge in [0, 0.05) is 6.04 Å². The second-order valence-corrected chi connectivity index (χ2v) is 3.81. The Balaban J connectivity index is 0.00000121. The topological polar surface area (TPSA) is 55.5 Å². The highest BCUT2D eigenvalue weighted by Crippen LogP contribution is 2.22. The van der Waals surface area contributed by atoms with Crippen molar-refractivity contribution in [3.63, 3.8) is 0 Å². The molecule has 0 spiro atoms. The van der Waals surface area contributed by atoms with E-state index in [1.165, 1.54) is 0 Å². The van der Waals surface area contributed by atoms with Crippen molar-refractivity contribution >= 4 is 12.4 Å². The van der Waals surface area contributed by atoms with E-state index in [4.69, 9.17) is 10.5 Å². The summed E-state index contributed by atoms with van der Waals surface area (Å²) in [6.45, 7) is 4.12. The molecule has 12 heavy (non-hydrogen) atoms. The smallest absolute Gasteiger partial charge is 0.0857 e. The van der Waals surface area contributed by atoms with Crippen LogP contribution >= 0.6 is 12.4 Å². The van der Waals surface area contributed by atoms with Crippen LogP contribution in [0.5, 0.6) is 0 Å². The molecule has 0 aromatic rings. The minimum absolute atomic E-state index is 0. The Bertz CT molecular complexity index is 128. The molecule has 3 N–H and O–H groups in total. The Morgan fingerprint density at radius 2 is 2.00 bits per heavy atom. The summed E-state index contributed by atoms with van der Waals surface area (Å²) in [6, 6.07) is 0.161. The van der Waals surface area contributed by atoms with Crippen LogP contribution in [0.4, 0.5) is 0 Å². The molecule has 0 bridgehead atoms. The van der Waals surface area contributed by atoms with Crippen LogP contribution in [-0.4, -0.2) is 29.5 Å². The third-order valence-electron chi connectivity index (χ3n) is 2.10.